The van der Waals surface area contributed by atoms with Gasteiger partial charge in [0.1, 0.15) is 18.4 Å². The van der Waals surface area contributed by atoms with Gasteiger partial charge in [-0.25, -0.2) is 4.99 Å². The number of halogens is 1. The second-order valence-electron chi connectivity index (χ2n) is 6.96. The smallest absolute Gasteiger partial charge is 0.243 e. The fourth-order valence-electron chi connectivity index (χ4n) is 2.81. The molecule has 0 atom stereocenters. The number of rotatable bonds is 5. The van der Waals surface area contributed by atoms with E-state index in [4.69, 9.17) is 4.74 Å². The molecule has 2 aliphatic rings. The van der Waals surface area contributed by atoms with Crippen LogP contribution in [0.25, 0.3) is 0 Å². The van der Waals surface area contributed by atoms with Gasteiger partial charge in [-0.05, 0) is 25.0 Å². The van der Waals surface area contributed by atoms with Gasteiger partial charge in [0, 0.05) is 46.1 Å². The van der Waals surface area contributed by atoms with Crippen molar-refractivity contribution < 1.29 is 9.53 Å². The number of carbonyl (C=O) groups excluding carboxylic acids is 1. The van der Waals surface area contributed by atoms with E-state index in [1.165, 1.54) is 12.8 Å². The molecular weight excluding hydrogens is 443 g/mol. The quantitative estimate of drug-likeness (QED) is 0.406. The third-order valence-corrected chi connectivity index (χ3v) is 4.56. The number of guanidine groups is 1. The molecule has 1 saturated heterocycles. The first-order chi connectivity index (χ1) is 12.1. The molecule has 144 valence electrons. The molecule has 1 aromatic carbocycles. The van der Waals surface area contributed by atoms with E-state index in [0.29, 0.717) is 6.04 Å². The highest BCUT2D eigenvalue weighted by Gasteiger charge is 2.28. The first-order valence-corrected chi connectivity index (χ1v) is 9.09. The number of nitrogens with zero attached hydrogens (tertiary/aromatic N) is 3. The predicted octanol–water partition coefficient (Wildman–Crippen LogP) is 2.34. The number of hydrogen-bond acceptors (Lipinski definition) is 3. The molecular formula is C19H29IN4O2. The lowest BCUT2D eigenvalue weighted by Gasteiger charge is -2.34. The third kappa shape index (κ3) is 6.34. The number of ether oxygens (including phenoxy) is 1. The summed E-state index contributed by atoms with van der Waals surface area (Å²) in [5.74, 6) is 1.83. The topological polar surface area (TPSA) is 57.2 Å². The second-order valence-corrected chi connectivity index (χ2v) is 6.96. The molecule has 2 fully saturated rings. The number of para-hydroxylation sites is 1. The minimum Gasteiger partial charge on any atom is -0.490 e. The standard InChI is InChI=1S/C19H28N4O2.HI/c1-22(2)18(24)14-20-19(21-15-8-9-15)23-12-10-17(11-13-23)25-16-6-4-3-5-7-16;/h3-7,15,17H,8-14H2,1-2H3,(H,20,21);1H. The number of benzene rings is 1. The van der Waals surface area contributed by atoms with Crippen LogP contribution in [0.2, 0.25) is 0 Å². The van der Waals surface area contributed by atoms with E-state index < -0.39 is 0 Å². The summed E-state index contributed by atoms with van der Waals surface area (Å²) in [6.07, 6.45) is 4.54. The Kier molecular flexibility index (Phi) is 7.99. The highest BCUT2D eigenvalue weighted by molar-refractivity contribution is 14.0. The van der Waals surface area contributed by atoms with Crippen molar-refractivity contribution in [3.05, 3.63) is 30.3 Å². The SMILES string of the molecule is CN(C)C(=O)CN=C(NC1CC1)N1CCC(Oc2ccccc2)CC1.I. The molecule has 1 saturated carbocycles. The van der Waals surface area contributed by atoms with Crippen molar-refractivity contribution in [2.75, 3.05) is 33.7 Å². The van der Waals surface area contributed by atoms with Crippen molar-refractivity contribution in [2.45, 2.75) is 37.8 Å². The monoisotopic (exact) mass is 472 g/mol. The van der Waals surface area contributed by atoms with E-state index >= 15 is 0 Å². The van der Waals surface area contributed by atoms with Crippen LogP contribution in [0.1, 0.15) is 25.7 Å². The van der Waals surface area contributed by atoms with E-state index in [0.717, 1.165) is 37.6 Å². The molecule has 26 heavy (non-hydrogen) atoms. The zero-order valence-corrected chi connectivity index (χ0v) is 17.9. The number of piperidine rings is 1. The lowest BCUT2D eigenvalue weighted by Crippen LogP contribution is -2.48. The number of likely N-dealkylation sites (tertiary alicyclic amines) is 1. The van der Waals surface area contributed by atoms with Gasteiger partial charge >= 0.3 is 0 Å². The summed E-state index contributed by atoms with van der Waals surface area (Å²) in [6, 6.07) is 10.5. The first-order valence-electron chi connectivity index (χ1n) is 9.09. The van der Waals surface area contributed by atoms with Crippen molar-refractivity contribution in [2.24, 2.45) is 4.99 Å². The lowest BCUT2D eigenvalue weighted by atomic mass is 10.1. The van der Waals surface area contributed by atoms with Crippen molar-refractivity contribution in [1.29, 1.82) is 0 Å². The summed E-state index contributed by atoms with van der Waals surface area (Å²) in [5, 5.41) is 3.48. The Morgan fingerprint density at radius 2 is 1.85 bits per heavy atom. The van der Waals surface area contributed by atoms with Crippen LogP contribution in [0.15, 0.2) is 35.3 Å². The minimum absolute atomic E-state index is 0. The van der Waals surface area contributed by atoms with Gasteiger partial charge in [0.25, 0.3) is 0 Å². The molecule has 0 radical (unpaired) electrons. The Hall–Kier alpha value is -1.51. The Bertz CT molecular complexity index is 597. The highest BCUT2D eigenvalue weighted by Crippen LogP contribution is 2.21. The number of aliphatic imine (C=N–C) groups is 1. The van der Waals surface area contributed by atoms with Gasteiger partial charge in [-0.15, -0.1) is 24.0 Å². The van der Waals surface area contributed by atoms with Crippen molar-refractivity contribution in [1.82, 2.24) is 15.1 Å². The van der Waals surface area contributed by atoms with E-state index in [2.05, 4.69) is 15.2 Å². The van der Waals surface area contributed by atoms with Gasteiger partial charge in [-0.3, -0.25) is 4.79 Å². The molecule has 1 heterocycles. The summed E-state index contributed by atoms with van der Waals surface area (Å²) < 4.78 is 6.06. The molecule has 1 aliphatic carbocycles. The molecule has 7 heteroatoms. The average Bonchev–Trinajstić information content (AvgIpc) is 3.44. The Morgan fingerprint density at radius 3 is 2.42 bits per heavy atom. The van der Waals surface area contributed by atoms with Gasteiger partial charge in [-0.2, -0.15) is 0 Å². The summed E-state index contributed by atoms with van der Waals surface area (Å²) in [7, 11) is 3.52. The number of likely N-dealkylation sites (N-methyl/N-ethyl adjacent to an activating group) is 1. The van der Waals surface area contributed by atoms with Crippen LogP contribution in [0.4, 0.5) is 0 Å². The van der Waals surface area contributed by atoms with Gasteiger partial charge in [-0.1, -0.05) is 18.2 Å². The van der Waals surface area contributed by atoms with Crippen LogP contribution in [-0.2, 0) is 4.79 Å². The maximum Gasteiger partial charge on any atom is 0.243 e. The molecule has 0 aromatic heterocycles. The summed E-state index contributed by atoms with van der Waals surface area (Å²) in [4.78, 5) is 20.2. The predicted molar refractivity (Wildman–Crippen MR) is 114 cm³/mol. The van der Waals surface area contributed by atoms with Crippen molar-refractivity contribution in [3.63, 3.8) is 0 Å². The molecule has 0 unspecified atom stereocenters. The molecule has 0 spiro atoms. The molecule has 1 amide bonds. The third-order valence-electron chi connectivity index (χ3n) is 4.56. The number of amides is 1. The molecule has 1 aliphatic heterocycles. The number of hydrogen-bond donors (Lipinski definition) is 1. The number of nitrogens with one attached hydrogen (secondary N) is 1. The lowest BCUT2D eigenvalue weighted by molar-refractivity contribution is -0.127. The average molecular weight is 472 g/mol. The zero-order chi connectivity index (χ0) is 17.6. The Morgan fingerprint density at radius 1 is 1.19 bits per heavy atom. The molecule has 1 aromatic rings. The summed E-state index contributed by atoms with van der Waals surface area (Å²) >= 11 is 0. The van der Waals surface area contributed by atoms with Crippen LogP contribution >= 0.6 is 24.0 Å². The van der Waals surface area contributed by atoms with Crippen LogP contribution in [-0.4, -0.2) is 67.5 Å². The Balaban J connectivity index is 0.00000243. The minimum atomic E-state index is 0. The van der Waals surface area contributed by atoms with Gasteiger partial charge in [0.2, 0.25) is 5.91 Å². The Labute approximate surface area is 173 Å². The molecule has 0 bridgehead atoms. The maximum atomic E-state index is 11.8. The first kappa shape index (κ1) is 20.8. The highest BCUT2D eigenvalue weighted by atomic mass is 127. The summed E-state index contributed by atoms with van der Waals surface area (Å²) in [5.41, 5.74) is 0. The van der Waals surface area contributed by atoms with Crippen LogP contribution in [0.3, 0.4) is 0 Å². The second kappa shape index (κ2) is 9.99. The van der Waals surface area contributed by atoms with Gasteiger partial charge in [0.15, 0.2) is 5.96 Å². The van der Waals surface area contributed by atoms with Crippen LogP contribution in [0.5, 0.6) is 5.75 Å². The largest absolute Gasteiger partial charge is 0.490 e. The van der Waals surface area contributed by atoms with E-state index in [9.17, 15) is 4.79 Å². The molecule has 1 N–H and O–H groups in total. The number of carbonyl (C=O) groups is 1. The molecule has 6 nitrogen and oxygen atoms in total. The normalized spacial score (nSPS) is 18.1. The maximum absolute atomic E-state index is 11.8. The molecule has 3 rings (SSSR count). The van der Waals surface area contributed by atoms with Gasteiger partial charge in [0.05, 0.1) is 0 Å². The van der Waals surface area contributed by atoms with E-state index in [1.54, 1.807) is 19.0 Å². The van der Waals surface area contributed by atoms with E-state index in [-0.39, 0.29) is 42.5 Å². The van der Waals surface area contributed by atoms with E-state index in [1.807, 2.05) is 30.3 Å². The van der Waals surface area contributed by atoms with Crippen molar-refractivity contribution >= 4 is 35.8 Å². The summed E-state index contributed by atoms with van der Waals surface area (Å²) in [6.45, 7) is 1.99. The fraction of sp³-hybridized carbons (Fsp3) is 0.579. The van der Waals surface area contributed by atoms with Crippen LogP contribution < -0.4 is 10.1 Å². The van der Waals surface area contributed by atoms with Crippen molar-refractivity contribution in [3.8, 4) is 5.75 Å². The zero-order valence-electron chi connectivity index (χ0n) is 15.6. The van der Waals surface area contributed by atoms with Gasteiger partial charge < -0.3 is 19.9 Å². The van der Waals surface area contributed by atoms with Crippen LogP contribution in [0, 0.1) is 0 Å². The fourth-order valence-corrected chi connectivity index (χ4v) is 2.81.